The normalized spacial score (nSPS) is 22.1. The molecule has 1 unspecified atom stereocenters. The lowest BCUT2D eigenvalue weighted by atomic mass is 9.92. The average molecular weight is 243 g/mol. The predicted octanol–water partition coefficient (Wildman–Crippen LogP) is 2.17. The van der Waals surface area contributed by atoms with Crippen LogP contribution in [0.2, 0.25) is 0 Å². The number of aromatic nitrogens is 2. The number of nitrogens with two attached hydrogens (primary N) is 1. The Balaban J connectivity index is 2.00. The first kappa shape index (κ1) is 11.4. The molecule has 4 nitrogen and oxygen atoms in total. The summed E-state index contributed by atoms with van der Waals surface area (Å²) in [7, 11) is 0. The van der Waals surface area contributed by atoms with Gasteiger partial charge in [0, 0.05) is 6.42 Å². The first-order valence-electron chi connectivity index (χ1n) is 6.44. The van der Waals surface area contributed by atoms with Gasteiger partial charge in [0.2, 0.25) is 5.89 Å². The van der Waals surface area contributed by atoms with Gasteiger partial charge in [-0.15, -0.1) is 0 Å². The third-order valence-electron chi connectivity index (χ3n) is 3.62. The monoisotopic (exact) mass is 243 g/mol. The van der Waals surface area contributed by atoms with E-state index in [1.807, 2.05) is 12.1 Å². The quantitative estimate of drug-likeness (QED) is 0.897. The molecule has 1 aromatic heterocycles. The first-order chi connectivity index (χ1) is 8.74. The molecule has 1 aromatic carbocycles. The zero-order valence-electron chi connectivity index (χ0n) is 10.5. The highest BCUT2D eigenvalue weighted by atomic mass is 16.5. The fourth-order valence-corrected chi connectivity index (χ4v) is 2.62. The van der Waals surface area contributed by atoms with Gasteiger partial charge in [0.25, 0.3) is 0 Å². The van der Waals surface area contributed by atoms with Crippen molar-refractivity contribution < 1.29 is 4.52 Å². The van der Waals surface area contributed by atoms with Crippen molar-refractivity contribution in [2.24, 2.45) is 5.73 Å². The molecule has 1 aliphatic carbocycles. The maximum Gasteiger partial charge on any atom is 0.226 e. The van der Waals surface area contributed by atoms with Gasteiger partial charge in [0.15, 0.2) is 5.82 Å². The van der Waals surface area contributed by atoms with Gasteiger partial charge in [-0.3, -0.25) is 0 Å². The van der Waals surface area contributed by atoms with Crippen molar-refractivity contribution in [1.29, 1.82) is 0 Å². The lowest BCUT2D eigenvalue weighted by molar-refractivity contribution is 0.359. The first-order valence-corrected chi connectivity index (χ1v) is 6.44. The minimum Gasteiger partial charge on any atom is -0.339 e. The summed E-state index contributed by atoms with van der Waals surface area (Å²) in [4.78, 5) is 4.45. The highest BCUT2D eigenvalue weighted by Crippen LogP contribution is 2.38. The highest BCUT2D eigenvalue weighted by molar-refractivity contribution is 5.42. The molecular weight excluding hydrogens is 226 g/mol. The van der Waals surface area contributed by atoms with E-state index in [4.69, 9.17) is 10.3 Å². The van der Waals surface area contributed by atoms with E-state index in [9.17, 15) is 0 Å². The Morgan fingerprint density at radius 2 is 2.22 bits per heavy atom. The van der Waals surface area contributed by atoms with Gasteiger partial charge in [0.05, 0.1) is 0 Å². The summed E-state index contributed by atoms with van der Waals surface area (Å²) in [6, 6.07) is 8.25. The van der Waals surface area contributed by atoms with Gasteiger partial charge in [-0.25, -0.2) is 0 Å². The second kappa shape index (κ2) is 4.21. The molecule has 2 aromatic rings. The van der Waals surface area contributed by atoms with Crippen molar-refractivity contribution in [2.45, 2.75) is 38.1 Å². The number of fused-ring (bicyclic) bond motifs is 1. The Morgan fingerprint density at radius 1 is 1.39 bits per heavy atom. The number of hydrogen-bond acceptors (Lipinski definition) is 4. The van der Waals surface area contributed by atoms with Crippen LogP contribution in [-0.4, -0.2) is 10.1 Å². The van der Waals surface area contributed by atoms with Gasteiger partial charge in [-0.1, -0.05) is 36.3 Å². The second-order valence-electron chi connectivity index (χ2n) is 4.89. The van der Waals surface area contributed by atoms with Crippen molar-refractivity contribution in [3.63, 3.8) is 0 Å². The fraction of sp³-hybridized carbons (Fsp3) is 0.429. The topological polar surface area (TPSA) is 64.9 Å². The van der Waals surface area contributed by atoms with Crippen LogP contribution in [0.5, 0.6) is 0 Å². The number of hydrogen-bond donors (Lipinski definition) is 1. The maximum atomic E-state index is 6.52. The van der Waals surface area contributed by atoms with E-state index in [1.165, 1.54) is 5.56 Å². The molecule has 3 rings (SSSR count). The van der Waals surface area contributed by atoms with E-state index >= 15 is 0 Å². The van der Waals surface area contributed by atoms with Crippen LogP contribution in [0.25, 0.3) is 0 Å². The molecule has 94 valence electrons. The predicted molar refractivity (Wildman–Crippen MR) is 68.0 cm³/mol. The summed E-state index contributed by atoms with van der Waals surface area (Å²) in [5, 5.41) is 4.08. The molecule has 0 radical (unpaired) electrons. The molecule has 18 heavy (non-hydrogen) atoms. The third-order valence-corrected chi connectivity index (χ3v) is 3.62. The van der Waals surface area contributed by atoms with E-state index in [1.54, 1.807) is 0 Å². The summed E-state index contributed by atoms with van der Waals surface area (Å²) in [5.74, 6) is 1.30. The number of rotatable bonds is 3. The molecule has 4 heteroatoms. The van der Waals surface area contributed by atoms with Crippen molar-refractivity contribution in [1.82, 2.24) is 10.1 Å². The Hall–Kier alpha value is -1.68. The average Bonchev–Trinajstić information content (AvgIpc) is 2.97. The van der Waals surface area contributed by atoms with Crippen molar-refractivity contribution >= 4 is 0 Å². The molecule has 0 fully saturated rings. The van der Waals surface area contributed by atoms with Crippen LogP contribution in [-0.2, 0) is 18.4 Å². The summed E-state index contributed by atoms with van der Waals surface area (Å²) in [6.07, 6.45) is 3.63. The molecule has 1 atom stereocenters. The summed E-state index contributed by atoms with van der Waals surface area (Å²) in [6.45, 7) is 2.09. The molecule has 0 saturated carbocycles. The van der Waals surface area contributed by atoms with E-state index in [-0.39, 0.29) is 0 Å². The minimum atomic E-state index is -0.577. The molecule has 0 aliphatic heterocycles. The van der Waals surface area contributed by atoms with Gasteiger partial charge in [0.1, 0.15) is 5.54 Å². The number of benzene rings is 1. The molecule has 1 heterocycles. The van der Waals surface area contributed by atoms with E-state index < -0.39 is 5.54 Å². The molecule has 0 bridgehead atoms. The summed E-state index contributed by atoms with van der Waals surface area (Å²) in [5.41, 5.74) is 8.37. The minimum absolute atomic E-state index is 0.577. The Morgan fingerprint density at radius 3 is 3.06 bits per heavy atom. The SMILES string of the molecule is CCCc1nc(C2(N)CCc3ccccc32)no1. The van der Waals surface area contributed by atoms with Crippen LogP contribution in [0.15, 0.2) is 28.8 Å². The van der Waals surface area contributed by atoms with E-state index in [0.29, 0.717) is 11.7 Å². The van der Waals surface area contributed by atoms with Crippen LogP contribution in [0.1, 0.15) is 42.6 Å². The van der Waals surface area contributed by atoms with E-state index in [2.05, 4.69) is 29.2 Å². The third kappa shape index (κ3) is 1.64. The maximum absolute atomic E-state index is 6.52. The molecular formula is C14H17N3O. The number of aryl methyl sites for hydroxylation is 2. The second-order valence-corrected chi connectivity index (χ2v) is 4.89. The van der Waals surface area contributed by atoms with Crippen LogP contribution in [0, 0.1) is 0 Å². The molecule has 0 saturated heterocycles. The molecule has 0 spiro atoms. The summed E-state index contributed by atoms with van der Waals surface area (Å²) < 4.78 is 5.26. The zero-order chi connectivity index (χ0) is 12.6. The largest absolute Gasteiger partial charge is 0.339 e. The molecule has 2 N–H and O–H groups in total. The van der Waals surface area contributed by atoms with E-state index in [0.717, 1.165) is 31.2 Å². The van der Waals surface area contributed by atoms with Gasteiger partial charge in [-0.2, -0.15) is 4.98 Å². The lowest BCUT2D eigenvalue weighted by Crippen LogP contribution is -2.36. The highest BCUT2D eigenvalue weighted by Gasteiger charge is 2.40. The van der Waals surface area contributed by atoms with Crippen molar-refractivity contribution in [2.75, 3.05) is 0 Å². The Bertz CT molecular complexity index is 564. The van der Waals surface area contributed by atoms with Crippen molar-refractivity contribution in [3.05, 3.63) is 47.1 Å². The smallest absolute Gasteiger partial charge is 0.226 e. The van der Waals surface area contributed by atoms with Gasteiger partial charge in [-0.05, 0) is 30.4 Å². The van der Waals surface area contributed by atoms with Crippen LogP contribution >= 0.6 is 0 Å². The molecule has 0 amide bonds. The standard InChI is InChI=1S/C14H17N3O/c1-2-5-12-16-13(17-18-12)14(15)9-8-10-6-3-4-7-11(10)14/h3-4,6-7H,2,5,8-9,15H2,1H3. The Kier molecular flexibility index (Phi) is 2.67. The number of nitrogens with zero attached hydrogens (tertiary/aromatic N) is 2. The van der Waals surface area contributed by atoms with Crippen molar-refractivity contribution in [3.8, 4) is 0 Å². The fourth-order valence-electron chi connectivity index (χ4n) is 2.62. The van der Waals surface area contributed by atoms with Crippen LogP contribution in [0.4, 0.5) is 0 Å². The van der Waals surface area contributed by atoms with Crippen LogP contribution in [0.3, 0.4) is 0 Å². The Labute approximate surface area is 106 Å². The lowest BCUT2D eigenvalue weighted by Gasteiger charge is -2.20. The molecule has 1 aliphatic rings. The van der Waals surface area contributed by atoms with Gasteiger partial charge >= 0.3 is 0 Å². The van der Waals surface area contributed by atoms with Crippen LogP contribution < -0.4 is 5.73 Å². The zero-order valence-corrected chi connectivity index (χ0v) is 10.5. The van der Waals surface area contributed by atoms with Gasteiger partial charge < -0.3 is 10.3 Å². The summed E-state index contributed by atoms with van der Waals surface area (Å²) >= 11 is 0.